The summed E-state index contributed by atoms with van der Waals surface area (Å²) in [4.78, 5) is 4.93. The Morgan fingerprint density at radius 1 is 1.00 bits per heavy atom. The number of hydrogen-bond acceptors (Lipinski definition) is 4. The van der Waals surface area contributed by atoms with Crippen LogP contribution in [-0.2, 0) is 13.6 Å². The van der Waals surface area contributed by atoms with Gasteiger partial charge in [0.25, 0.3) is 0 Å². The van der Waals surface area contributed by atoms with Crippen LogP contribution in [0.2, 0.25) is 0 Å². The average Bonchev–Trinajstić information content (AvgIpc) is 2.81. The quantitative estimate of drug-likeness (QED) is 0.841. The van der Waals surface area contributed by atoms with Gasteiger partial charge in [-0.3, -0.25) is 4.90 Å². The first kappa shape index (κ1) is 14.0. The number of piperidine rings is 2. The maximum Gasteiger partial charge on any atom is 0.146 e. The third-order valence-corrected chi connectivity index (χ3v) is 4.80. The third-order valence-electron chi connectivity index (χ3n) is 4.80. The lowest BCUT2D eigenvalue weighted by Crippen LogP contribution is -2.32. The zero-order chi connectivity index (χ0) is 13.9. The van der Waals surface area contributed by atoms with Gasteiger partial charge in [0, 0.05) is 19.5 Å². The highest BCUT2D eigenvalue weighted by atomic mass is 15.3. The molecular weight excluding hydrogens is 250 g/mol. The van der Waals surface area contributed by atoms with Crippen molar-refractivity contribution in [1.82, 2.24) is 24.6 Å². The Labute approximate surface area is 122 Å². The van der Waals surface area contributed by atoms with Crippen LogP contribution in [0.4, 0.5) is 0 Å². The van der Waals surface area contributed by atoms with Gasteiger partial charge in [-0.2, -0.15) is 0 Å². The van der Waals surface area contributed by atoms with Crippen LogP contribution in [0.15, 0.2) is 0 Å². The van der Waals surface area contributed by atoms with Crippen molar-refractivity contribution in [2.45, 2.75) is 44.6 Å². The fourth-order valence-corrected chi connectivity index (χ4v) is 3.56. The summed E-state index contributed by atoms with van der Waals surface area (Å²) >= 11 is 0. The van der Waals surface area contributed by atoms with Crippen molar-refractivity contribution in [2.24, 2.45) is 7.05 Å². The fraction of sp³-hybridized carbons (Fsp3) is 0.867. The lowest BCUT2D eigenvalue weighted by Gasteiger charge is -2.29. The molecule has 1 atom stereocenters. The van der Waals surface area contributed by atoms with Gasteiger partial charge in [0.15, 0.2) is 0 Å². The molecule has 2 saturated heterocycles. The molecule has 1 aromatic heterocycles. The molecule has 2 aliphatic rings. The Balaban J connectivity index is 1.67. The van der Waals surface area contributed by atoms with Crippen molar-refractivity contribution in [3.63, 3.8) is 0 Å². The molecule has 2 aliphatic heterocycles. The van der Waals surface area contributed by atoms with Crippen LogP contribution in [0.1, 0.15) is 49.7 Å². The fourth-order valence-electron chi connectivity index (χ4n) is 3.56. The summed E-state index contributed by atoms with van der Waals surface area (Å²) in [7, 11) is 4.35. The van der Waals surface area contributed by atoms with Crippen LogP contribution < -0.4 is 0 Å². The lowest BCUT2D eigenvalue weighted by molar-refractivity contribution is 0.213. The van der Waals surface area contributed by atoms with Crippen LogP contribution in [0.5, 0.6) is 0 Å². The van der Waals surface area contributed by atoms with Crippen molar-refractivity contribution in [1.29, 1.82) is 0 Å². The molecule has 5 nitrogen and oxygen atoms in total. The Bertz CT molecular complexity index is 435. The van der Waals surface area contributed by atoms with E-state index in [0.29, 0.717) is 5.92 Å². The largest absolute Gasteiger partial charge is 0.317 e. The van der Waals surface area contributed by atoms with Crippen LogP contribution in [0.25, 0.3) is 0 Å². The highest BCUT2D eigenvalue weighted by molar-refractivity contribution is 5.04. The predicted molar refractivity (Wildman–Crippen MR) is 79.6 cm³/mol. The van der Waals surface area contributed by atoms with E-state index in [4.69, 9.17) is 0 Å². The van der Waals surface area contributed by atoms with E-state index < -0.39 is 0 Å². The molecule has 2 fully saturated rings. The molecule has 5 heteroatoms. The summed E-state index contributed by atoms with van der Waals surface area (Å²) in [6.07, 6.45) is 6.57. The van der Waals surface area contributed by atoms with Gasteiger partial charge in [0.2, 0.25) is 0 Å². The Kier molecular flexibility index (Phi) is 4.36. The predicted octanol–water partition coefficient (Wildman–Crippen LogP) is 1.61. The minimum Gasteiger partial charge on any atom is -0.317 e. The summed E-state index contributed by atoms with van der Waals surface area (Å²) in [5, 5.41) is 8.96. The number of hydrogen-bond donors (Lipinski definition) is 0. The van der Waals surface area contributed by atoms with E-state index in [1.807, 2.05) is 0 Å². The van der Waals surface area contributed by atoms with Crippen molar-refractivity contribution in [3.8, 4) is 0 Å². The van der Waals surface area contributed by atoms with Gasteiger partial charge < -0.3 is 9.47 Å². The summed E-state index contributed by atoms with van der Waals surface area (Å²) in [5.41, 5.74) is 0. The maximum atomic E-state index is 4.50. The van der Waals surface area contributed by atoms with E-state index >= 15 is 0 Å². The highest BCUT2D eigenvalue weighted by Crippen LogP contribution is 2.25. The summed E-state index contributed by atoms with van der Waals surface area (Å²) in [6, 6.07) is 0. The highest BCUT2D eigenvalue weighted by Gasteiger charge is 2.24. The number of likely N-dealkylation sites (tertiary alicyclic amines) is 2. The van der Waals surface area contributed by atoms with E-state index in [1.165, 1.54) is 57.6 Å². The van der Waals surface area contributed by atoms with Gasteiger partial charge in [-0.25, -0.2) is 0 Å². The topological polar surface area (TPSA) is 37.2 Å². The second-order valence-electron chi connectivity index (χ2n) is 6.47. The van der Waals surface area contributed by atoms with E-state index in [1.54, 1.807) is 0 Å². The van der Waals surface area contributed by atoms with Gasteiger partial charge in [0.05, 0.1) is 6.54 Å². The monoisotopic (exact) mass is 277 g/mol. The normalized spacial score (nSPS) is 26.0. The minimum atomic E-state index is 0.557. The standard InChI is InChI=1S/C15H27N5/c1-18-8-6-7-13(11-18)15-17-16-14(19(15)2)12-20-9-4-3-5-10-20/h13H,3-12H2,1-2H3/t13-/m1/s1. The van der Waals surface area contributed by atoms with Crippen molar-refractivity contribution < 1.29 is 0 Å². The molecule has 0 amide bonds. The lowest BCUT2D eigenvalue weighted by atomic mass is 9.98. The summed E-state index contributed by atoms with van der Waals surface area (Å²) < 4.78 is 2.25. The second kappa shape index (κ2) is 6.22. The molecule has 20 heavy (non-hydrogen) atoms. The minimum absolute atomic E-state index is 0.557. The Morgan fingerprint density at radius 3 is 2.55 bits per heavy atom. The van der Waals surface area contributed by atoms with Gasteiger partial charge >= 0.3 is 0 Å². The number of rotatable bonds is 3. The zero-order valence-electron chi connectivity index (χ0n) is 12.9. The molecule has 0 spiro atoms. The van der Waals surface area contributed by atoms with Crippen LogP contribution in [0.3, 0.4) is 0 Å². The number of nitrogens with zero attached hydrogens (tertiary/aromatic N) is 5. The van der Waals surface area contributed by atoms with Crippen LogP contribution in [-0.4, -0.2) is 57.8 Å². The van der Waals surface area contributed by atoms with Crippen LogP contribution >= 0.6 is 0 Å². The molecular formula is C15H27N5. The molecule has 0 unspecified atom stereocenters. The van der Waals surface area contributed by atoms with Gasteiger partial charge in [-0.15, -0.1) is 10.2 Å². The van der Waals surface area contributed by atoms with Crippen molar-refractivity contribution >= 4 is 0 Å². The summed E-state index contributed by atoms with van der Waals surface area (Å²) in [6.45, 7) is 5.74. The first-order valence-corrected chi connectivity index (χ1v) is 8.03. The number of likely N-dealkylation sites (N-methyl/N-ethyl adjacent to an activating group) is 1. The number of aromatic nitrogens is 3. The maximum absolute atomic E-state index is 4.50. The molecule has 112 valence electrons. The van der Waals surface area contributed by atoms with E-state index in [-0.39, 0.29) is 0 Å². The van der Waals surface area contributed by atoms with Gasteiger partial charge in [-0.05, 0) is 52.4 Å². The van der Waals surface area contributed by atoms with Gasteiger partial charge in [0.1, 0.15) is 11.6 Å². The molecule has 3 heterocycles. The third kappa shape index (κ3) is 3.04. The van der Waals surface area contributed by atoms with E-state index in [0.717, 1.165) is 18.9 Å². The molecule has 0 saturated carbocycles. The Hall–Kier alpha value is -0.940. The van der Waals surface area contributed by atoms with Crippen molar-refractivity contribution in [3.05, 3.63) is 11.6 Å². The molecule has 0 N–H and O–H groups in total. The molecule has 3 rings (SSSR count). The SMILES string of the molecule is CN1CCC[C@@H](c2nnc(CN3CCCCC3)n2C)C1. The molecule has 0 radical (unpaired) electrons. The van der Waals surface area contributed by atoms with Crippen molar-refractivity contribution in [2.75, 3.05) is 33.2 Å². The first-order valence-electron chi connectivity index (χ1n) is 8.03. The smallest absolute Gasteiger partial charge is 0.146 e. The second-order valence-corrected chi connectivity index (χ2v) is 6.47. The molecule has 0 aliphatic carbocycles. The molecule has 0 aromatic carbocycles. The molecule has 0 bridgehead atoms. The molecule has 1 aromatic rings. The summed E-state index contributed by atoms with van der Waals surface area (Å²) in [5.74, 6) is 2.88. The van der Waals surface area contributed by atoms with Gasteiger partial charge in [-0.1, -0.05) is 6.42 Å². The van der Waals surface area contributed by atoms with E-state index in [9.17, 15) is 0 Å². The first-order chi connectivity index (χ1) is 9.74. The average molecular weight is 277 g/mol. The van der Waals surface area contributed by atoms with E-state index in [2.05, 4.69) is 38.7 Å². The zero-order valence-corrected chi connectivity index (χ0v) is 12.9. The van der Waals surface area contributed by atoms with Crippen LogP contribution in [0, 0.1) is 0 Å². The Morgan fingerprint density at radius 2 is 1.80 bits per heavy atom.